The average molecular weight is 552 g/mol. The van der Waals surface area contributed by atoms with E-state index in [1.807, 2.05) is 35.8 Å². The van der Waals surface area contributed by atoms with Crippen LogP contribution in [-0.4, -0.2) is 38.6 Å². The quantitative estimate of drug-likeness (QED) is 0.225. The number of halogens is 3. The topological polar surface area (TPSA) is 81.9 Å². The van der Waals surface area contributed by atoms with Crippen molar-refractivity contribution in [2.45, 2.75) is 64.7 Å². The molecule has 2 heterocycles. The van der Waals surface area contributed by atoms with E-state index < -0.39 is 17.7 Å². The van der Waals surface area contributed by atoms with Crippen LogP contribution in [0.25, 0.3) is 22.6 Å². The van der Waals surface area contributed by atoms with Gasteiger partial charge in [-0.1, -0.05) is 55.7 Å². The third-order valence-electron chi connectivity index (χ3n) is 7.51. The van der Waals surface area contributed by atoms with Crippen molar-refractivity contribution in [2.24, 2.45) is 5.92 Å². The molecule has 0 saturated heterocycles. The lowest BCUT2D eigenvalue weighted by atomic mass is 9.78. The van der Waals surface area contributed by atoms with Crippen LogP contribution in [0.15, 0.2) is 48.5 Å². The van der Waals surface area contributed by atoms with Crippen LogP contribution >= 0.6 is 0 Å². The molecule has 0 unspecified atom stereocenters. The van der Waals surface area contributed by atoms with Gasteiger partial charge in [0.05, 0.1) is 12.7 Å². The summed E-state index contributed by atoms with van der Waals surface area (Å²) in [5.41, 5.74) is 2.70. The van der Waals surface area contributed by atoms with Gasteiger partial charge in [0.2, 0.25) is 5.82 Å². The number of fused-ring (bicyclic) bond motifs is 1. The van der Waals surface area contributed by atoms with Crippen molar-refractivity contribution in [3.8, 4) is 11.4 Å². The molecule has 0 aliphatic heterocycles. The van der Waals surface area contributed by atoms with Crippen molar-refractivity contribution in [1.82, 2.24) is 19.5 Å². The largest absolute Gasteiger partial charge is 0.463 e. The molecule has 7 nitrogen and oxygen atoms in total. The van der Waals surface area contributed by atoms with Gasteiger partial charge >= 0.3 is 12.1 Å². The number of hydrogen-bond acceptors (Lipinski definition) is 6. The minimum absolute atomic E-state index is 0.101. The van der Waals surface area contributed by atoms with Crippen LogP contribution < -0.4 is 5.32 Å². The fourth-order valence-electron chi connectivity index (χ4n) is 5.21. The monoisotopic (exact) mass is 551 g/mol. The summed E-state index contributed by atoms with van der Waals surface area (Å²) in [5.74, 6) is 0.767. The van der Waals surface area contributed by atoms with Gasteiger partial charge in [-0.2, -0.15) is 13.2 Å². The number of anilines is 1. The summed E-state index contributed by atoms with van der Waals surface area (Å²) in [4.78, 5) is 26.4. The summed E-state index contributed by atoms with van der Waals surface area (Å²) in [6.07, 6.45) is 0.915. The highest BCUT2D eigenvalue weighted by Gasteiger charge is 2.31. The number of carbonyl (C=O) groups excluding carboxylic acids is 1. The molecule has 1 aliphatic carbocycles. The number of ether oxygens (including phenoxy) is 1. The van der Waals surface area contributed by atoms with E-state index in [-0.39, 0.29) is 18.4 Å². The maximum Gasteiger partial charge on any atom is 0.416 e. The number of nitrogens with one attached hydrogen (secondary N) is 1. The van der Waals surface area contributed by atoms with E-state index in [0.29, 0.717) is 34.3 Å². The number of nitrogens with zero attached hydrogens (tertiary/aromatic N) is 4. The Bertz CT molecular complexity index is 1510. The van der Waals surface area contributed by atoms with Gasteiger partial charge in [-0.3, -0.25) is 0 Å². The summed E-state index contributed by atoms with van der Waals surface area (Å²) >= 11 is 0. The molecular formula is C30H32F3N5O2. The second-order valence-electron chi connectivity index (χ2n) is 10.4. The lowest BCUT2D eigenvalue weighted by molar-refractivity contribution is -0.137. The molecule has 2 aromatic heterocycles. The molecule has 5 rings (SSSR count). The van der Waals surface area contributed by atoms with Gasteiger partial charge in [-0.25, -0.2) is 19.7 Å². The Morgan fingerprint density at radius 3 is 2.48 bits per heavy atom. The maximum absolute atomic E-state index is 13.2. The zero-order valence-corrected chi connectivity index (χ0v) is 22.8. The molecule has 40 heavy (non-hydrogen) atoms. The molecule has 2 aromatic carbocycles. The second-order valence-corrected chi connectivity index (χ2v) is 10.4. The van der Waals surface area contributed by atoms with Crippen molar-refractivity contribution in [3.05, 3.63) is 71.0 Å². The first-order valence-electron chi connectivity index (χ1n) is 13.5. The number of rotatable bonds is 9. The minimum atomic E-state index is -4.42. The van der Waals surface area contributed by atoms with E-state index in [4.69, 9.17) is 9.72 Å². The molecule has 4 aromatic rings. The Labute approximate surface area is 230 Å². The first kappa shape index (κ1) is 27.6. The number of imidazole rings is 1. The van der Waals surface area contributed by atoms with Gasteiger partial charge < -0.3 is 14.6 Å². The Morgan fingerprint density at radius 2 is 1.88 bits per heavy atom. The van der Waals surface area contributed by atoms with Crippen molar-refractivity contribution < 1.29 is 22.7 Å². The third-order valence-corrected chi connectivity index (χ3v) is 7.51. The van der Waals surface area contributed by atoms with E-state index in [2.05, 4.69) is 22.2 Å². The highest BCUT2D eigenvalue weighted by Crippen LogP contribution is 2.36. The number of hydrogen-bond donors (Lipinski definition) is 1. The van der Waals surface area contributed by atoms with Crippen LogP contribution in [0.2, 0.25) is 0 Å². The first-order chi connectivity index (χ1) is 19.2. The molecule has 1 N–H and O–H groups in total. The number of alkyl halides is 3. The zero-order chi connectivity index (χ0) is 28.4. The fraction of sp³-hybridized carbons (Fsp3) is 0.400. The Balaban J connectivity index is 1.69. The third kappa shape index (κ3) is 5.66. The molecule has 10 heteroatoms. The number of esters is 1. The van der Waals surface area contributed by atoms with Gasteiger partial charge in [0.25, 0.3) is 0 Å². The number of aryl methyl sites for hydroxylation is 1. The normalized spacial score (nSPS) is 14.7. The van der Waals surface area contributed by atoms with Gasteiger partial charge in [0.1, 0.15) is 11.3 Å². The summed E-state index contributed by atoms with van der Waals surface area (Å²) < 4.78 is 46.5. The summed E-state index contributed by atoms with van der Waals surface area (Å²) in [7, 11) is 1.28. The van der Waals surface area contributed by atoms with Crippen molar-refractivity contribution in [2.75, 3.05) is 12.4 Å². The minimum Gasteiger partial charge on any atom is -0.463 e. The lowest BCUT2D eigenvalue weighted by Crippen LogP contribution is -2.34. The number of aromatic nitrogens is 4. The Hall–Kier alpha value is -3.95. The predicted molar refractivity (Wildman–Crippen MR) is 147 cm³/mol. The summed E-state index contributed by atoms with van der Waals surface area (Å²) in [6.45, 7) is 4.34. The lowest BCUT2D eigenvalue weighted by Gasteiger charge is -2.34. The molecular weight excluding hydrogens is 519 g/mol. The highest BCUT2D eigenvalue weighted by molar-refractivity contribution is 5.93. The first-order valence-corrected chi connectivity index (χ1v) is 13.5. The average Bonchev–Trinajstić information content (AvgIpc) is 3.25. The number of carbonyl (C=O) groups is 1. The van der Waals surface area contributed by atoms with E-state index in [9.17, 15) is 18.0 Å². The maximum atomic E-state index is 13.2. The van der Waals surface area contributed by atoms with Gasteiger partial charge in [-0.15, -0.1) is 0 Å². The van der Waals surface area contributed by atoms with Crippen LogP contribution in [0.4, 0.5) is 19.0 Å². The van der Waals surface area contributed by atoms with E-state index in [0.717, 1.165) is 48.9 Å². The Kier molecular flexibility index (Phi) is 7.78. The molecule has 1 atom stereocenters. The van der Waals surface area contributed by atoms with Crippen molar-refractivity contribution in [1.29, 1.82) is 0 Å². The van der Waals surface area contributed by atoms with Gasteiger partial charge in [-0.05, 0) is 55.9 Å². The second kappa shape index (κ2) is 11.3. The molecule has 0 bridgehead atoms. The molecule has 1 aliphatic rings. The van der Waals surface area contributed by atoms with Crippen LogP contribution in [-0.2, 0) is 17.5 Å². The van der Waals surface area contributed by atoms with Gasteiger partial charge in [0, 0.05) is 18.2 Å². The SMILES string of the molecule is CCC[C@@H](Nc1nc(C(=O)OC)nc2nc(-c3cccc(C)c3)n(Cc3ccc(C(F)(F)F)cc3)c12)C1CCC1. The number of benzene rings is 2. The van der Waals surface area contributed by atoms with Crippen molar-refractivity contribution in [3.63, 3.8) is 0 Å². The zero-order valence-electron chi connectivity index (χ0n) is 22.8. The fourth-order valence-corrected chi connectivity index (χ4v) is 5.21. The molecule has 0 amide bonds. The van der Waals surface area contributed by atoms with Crippen LogP contribution in [0.5, 0.6) is 0 Å². The van der Waals surface area contributed by atoms with Crippen LogP contribution in [0, 0.1) is 12.8 Å². The highest BCUT2D eigenvalue weighted by atomic mass is 19.4. The molecule has 1 saturated carbocycles. The standard InChI is InChI=1S/C30H32F3N5O2/c1-4-7-23(20-9-6-10-20)34-25-24-26(36-27(35-25)29(39)40-3)37-28(21-11-5-8-18(2)16-21)38(24)17-19-12-14-22(15-13-19)30(31,32)33/h5,8,11-16,20,23H,4,6-7,9-10,17H2,1-3H3,(H,34,35,36)/t23-/m1/s1. The smallest absolute Gasteiger partial charge is 0.416 e. The predicted octanol–water partition coefficient (Wildman–Crippen LogP) is 7.04. The molecule has 210 valence electrons. The molecule has 0 radical (unpaired) electrons. The van der Waals surface area contributed by atoms with E-state index in [1.165, 1.54) is 25.7 Å². The van der Waals surface area contributed by atoms with E-state index >= 15 is 0 Å². The van der Waals surface area contributed by atoms with Gasteiger partial charge in [0.15, 0.2) is 11.5 Å². The summed E-state index contributed by atoms with van der Waals surface area (Å²) in [6, 6.07) is 13.1. The molecule has 0 spiro atoms. The Morgan fingerprint density at radius 1 is 1.12 bits per heavy atom. The van der Waals surface area contributed by atoms with Crippen LogP contribution in [0.1, 0.15) is 66.3 Å². The van der Waals surface area contributed by atoms with Crippen molar-refractivity contribution >= 4 is 23.0 Å². The summed E-state index contributed by atoms with van der Waals surface area (Å²) in [5, 5.41) is 3.61. The van der Waals surface area contributed by atoms with E-state index in [1.54, 1.807) is 0 Å². The van der Waals surface area contributed by atoms with Crippen LogP contribution in [0.3, 0.4) is 0 Å². The number of methoxy groups -OCH3 is 1. The molecule has 1 fully saturated rings.